The standard InChI is InChI=1S/C10H11ClO2/c11-10-4-2-9(3-5-10)8-13-7-1-6-12/h2-6H,1,7-8H2. The van der Waals surface area contributed by atoms with E-state index in [9.17, 15) is 4.79 Å². The maximum atomic E-state index is 9.96. The van der Waals surface area contributed by atoms with Crippen LogP contribution in [0.4, 0.5) is 0 Å². The van der Waals surface area contributed by atoms with Crippen LogP contribution < -0.4 is 0 Å². The van der Waals surface area contributed by atoms with Gasteiger partial charge in [-0.05, 0) is 17.7 Å². The number of halogens is 1. The highest BCUT2D eigenvalue weighted by Crippen LogP contribution is 2.10. The Morgan fingerprint density at radius 2 is 2.00 bits per heavy atom. The van der Waals surface area contributed by atoms with Crippen molar-refractivity contribution in [3.05, 3.63) is 34.9 Å². The zero-order valence-corrected chi connectivity index (χ0v) is 7.96. The first-order valence-corrected chi connectivity index (χ1v) is 4.46. The number of ether oxygens (including phenoxy) is 1. The van der Waals surface area contributed by atoms with Gasteiger partial charge in [-0.25, -0.2) is 0 Å². The lowest BCUT2D eigenvalue weighted by atomic mass is 10.2. The van der Waals surface area contributed by atoms with Gasteiger partial charge >= 0.3 is 0 Å². The fourth-order valence-electron chi connectivity index (χ4n) is 0.902. The first kappa shape index (κ1) is 10.2. The molecule has 0 aliphatic carbocycles. The zero-order chi connectivity index (χ0) is 9.52. The van der Waals surface area contributed by atoms with Gasteiger partial charge in [0.2, 0.25) is 0 Å². The smallest absolute Gasteiger partial charge is 0.122 e. The molecule has 0 bridgehead atoms. The second kappa shape index (κ2) is 5.73. The van der Waals surface area contributed by atoms with E-state index in [1.807, 2.05) is 24.3 Å². The number of rotatable bonds is 5. The number of carbonyl (C=O) groups is 1. The predicted octanol–water partition coefficient (Wildman–Crippen LogP) is 2.45. The summed E-state index contributed by atoms with van der Waals surface area (Å²) in [5.41, 5.74) is 1.07. The molecule has 0 saturated carbocycles. The van der Waals surface area contributed by atoms with Crippen molar-refractivity contribution in [2.45, 2.75) is 13.0 Å². The number of benzene rings is 1. The highest BCUT2D eigenvalue weighted by atomic mass is 35.5. The molecule has 0 aromatic heterocycles. The molecular formula is C10H11ClO2. The summed E-state index contributed by atoms with van der Waals surface area (Å²) >= 11 is 5.71. The zero-order valence-electron chi connectivity index (χ0n) is 7.20. The molecule has 0 aliphatic rings. The third-order valence-corrected chi connectivity index (χ3v) is 1.81. The van der Waals surface area contributed by atoms with Crippen molar-refractivity contribution in [2.24, 2.45) is 0 Å². The van der Waals surface area contributed by atoms with E-state index in [0.29, 0.717) is 19.6 Å². The molecule has 0 aliphatic heterocycles. The molecule has 0 N–H and O–H groups in total. The molecule has 1 aromatic rings. The van der Waals surface area contributed by atoms with E-state index in [-0.39, 0.29) is 0 Å². The Bertz CT molecular complexity index is 256. The van der Waals surface area contributed by atoms with E-state index >= 15 is 0 Å². The lowest BCUT2D eigenvalue weighted by Gasteiger charge is -2.01. The van der Waals surface area contributed by atoms with Crippen molar-refractivity contribution in [1.82, 2.24) is 0 Å². The summed E-state index contributed by atoms with van der Waals surface area (Å²) in [6, 6.07) is 7.45. The Balaban J connectivity index is 2.28. The minimum absolute atomic E-state index is 0.452. The summed E-state index contributed by atoms with van der Waals surface area (Å²) in [6.45, 7) is 1.01. The summed E-state index contributed by atoms with van der Waals surface area (Å²) in [5, 5.41) is 0.719. The van der Waals surface area contributed by atoms with Crippen LogP contribution in [-0.4, -0.2) is 12.9 Å². The van der Waals surface area contributed by atoms with Crippen LogP contribution in [0.3, 0.4) is 0 Å². The van der Waals surface area contributed by atoms with Gasteiger partial charge < -0.3 is 9.53 Å². The third kappa shape index (κ3) is 4.06. The Morgan fingerprint density at radius 1 is 1.31 bits per heavy atom. The van der Waals surface area contributed by atoms with E-state index in [1.54, 1.807) is 0 Å². The van der Waals surface area contributed by atoms with Crippen molar-refractivity contribution in [3.8, 4) is 0 Å². The first-order valence-electron chi connectivity index (χ1n) is 4.09. The summed E-state index contributed by atoms with van der Waals surface area (Å²) in [7, 11) is 0. The van der Waals surface area contributed by atoms with Crippen LogP contribution in [0.2, 0.25) is 5.02 Å². The van der Waals surface area contributed by atoms with E-state index in [0.717, 1.165) is 16.9 Å². The Kier molecular flexibility index (Phi) is 4.50. The van der Waals surface area contributed by atoms with Crippen LogP contribution >= 0.6 is 11.6 Å². The van der Waals surface area contributed by atoms with Crippen LogP contribution in [0.1, 0.15) is 12.0 Å². The van der Waals surface area contributed by atoms with Crippen LogP contribution in [0, 0.1) is 0 Å². The van der Waals surface area contributed by atoms with Gasteiger partial charge in [-0.2, -0.15) is 0 Å². The SMILES string of the molecule is O=CCCOCc1ccc(Cl)cc1. The highest BCUT2D eigenvalue weighted by molar-refractivity contribution is 6.30. The molecule has 1 rings (SSSR count). The van der Waals surface area contributed by atoms with Crippen LogP contribution in [0.25, 0.3) is 0 Å². The molecule has 0 unspecified atom stereocenters. The molecule has 3 heteroatoms. The fraction of sp³-hybridized carbons (Fsp3) is 0.300. The number of carbonyl (C=O) groups excluding carboxylic acids is 1. The fourth-order valence-corrected chi connectivity index (χ4v) is 1.03. The molecule has 2 nitrogen and oxygen atoms in total. The Hall–Kier alpha value is -0.860. The minimum Gasteiger partial charge on any atom is -0.376 e. The molecule has 0 atom stereocenters. The monoisotopic (exact) mass is 198 g/mol. The molecule has 0 heterocycles. The van der Waals surface area contributed by atoms with Crippen LogP contribution in [-0.2, 0) is 16.1 Å². The normalized spacial score (nSPS) is 9.92. The van der Waals surface area contributed by atoms with Gasteiger partial charge in [0, 0.05) is 11.4 Å². The van der Waals surface area contributed by atoms with Crippen molar-refractivity contribution >= 4 is 17.9 Å². The summed E-state index contributed by atoms with van der Waals surface area (Å²) < 4.78 is 5.23. The maximum Gasteiger partial charge on any atom is 0.122 e. The molecule has 70 valence electrons. The molecule has 0 spiro atoms. The van der Waals surface area contributed by atoms with Crippen molar-refractivity contribution in [1.29, 1.82) is 0 Å². The molecule has 13 heavy (non-hydrogen) atoms. The van der Waals surface area contributed by atoms with Crippen molar-refractivity contribution < 1.29 is 9.53 Å². The Labute approximate surface area is 82.5 Å². The van der Waals surface area contributed by atoms with Gasteiger partial charge in [0.05, 0.1) is 13.2 Å². The molecule has 1 aromatic carbocycles. The Morgan fingerprint density at radius 3 is 2.62 bits per heavy atom. The quantitative estimate of drug-likeness (QED) is 0.537. The van der Waals surface area contributed by atoms with E-state index < -0.39 is 0 Å². The topological polar surface area (TPSA) is 26.3 Å². The van der Waals surface area contributed by atoms with E-state index in [2.05, 4.69) is 0 Å². The van der Waals surface area contributed by atoms with Gasteiger partial charge in [0.25, 0.3) is 0 Å². The van der Waals surface area contributed by atoms with Gasteiger partial charge in [0.1, 0.15) is 6.29 Å². The minimum atomic E-state index is 0.452. The summed E-state index contributed by atoms with van der Waals surface area (Å²) in [5.74, 6) is 0. The first-order chi connectivity index (χ1) is 6.33. The largest absolute Gasteiger partial charge is 0.376 e. The highest BCUT2D eigenvalue weighted by Gasteiger charge is 1.92. The summed E-state index contributed by atoms with van der Waals surface area (Å²) in [4.78, 5) is 9.96. The third-order valence-electron chi connectivity index (χ3n) is 1.56. The van der Waals surface area contributed by atoms with Crippen LogP contribution in [0.5, 0.6) is 0 Å². The van der Waals surface area contributed by atoms with Crippen molar-refractivity contribution in [3.63, 3.8) is 0 Å². The number of aldehydes is 1. The van der Waals surface area contributed by atoms with Gasteiger partial charge in [-0.1, -0.05) is 23.7 Å². The molecule has 0 amide bonds. The van der Waals surface area contributed by atoms with Crippen LogP contribution in [0.15, 0.2) is 24.3 Å². The lowest BCUT2D eigenvalue weighted by molar-refractivity contribution is -0.108. The van der Waals surface area contributed by atoms with Gasteiger partial charge in [-0.15, -0.1) is 0 Å². The van der Waals surface area contributed by atoms with Crippen molar-refractivity contribution in [2.75, 3.05) is 6.61 Å². The van der Waals surface area contributed by atoms with E-state index in [4.69, 9.17) is 16.3 Å². The number of hydrogen-bond donors (Lipinski definition) is 0. The number of hydrogen-bond acceptors (Lipinski definition) is 2. The van der Waals surface area contributed by atoms with E-state index in [1.165, 1.54) is 0 Å². The molecular weight excluding hydrogens is 188 g/mol. The van der Waals surface area contributed by atoms with Gasteiger partial charge in [-0.3, -0.25) is 0 Å². The maximum absolute atomic E-state index is 9.96. The second-order valence-corrected chi connectivity index (χ2v) is 3.07. The lowest BCUT2D eigenvalue weighted by Crippen LogP contribution is -1.95. The average Bonchev–Trinajstić information content (AvgIpc) is 2.15. The van der Waals surface area contributed by atoms with Gasteiger partial charge in [0.15, 0.2) is 0 Å². The molecule has 0 radical (unpaired) electrons. The second-order valence-electron chi connectivity index (χ2n) is 2.63. The summed E-state index contributed by atoms with van der Waals surface area (Å²) in [6.07, 6.45) is 1.30. The molecule has 0 saturated heterocycles. The predicted molar refractivity (Wildman–Crippen MR) is 51.8 cm³/mol. The molecule has 0 fully saturated rings. The average molecular weight is 199 g/mol.